The van der Waals surface area contributed by atoms with E-state index in [2.05, 4.69) is 36.7 Å². The second-order valence-electron chi connectivity index (χ2n) is 8.73. The van der Waals surface area contributed by atoms with Crippen molar-refractivity contribution in [1.82, 2.24) is 35.2 Å². The number of rotatable bonds is 5. The molecule has 0 spiro atoms. The van der Waals surface area contributed by atoms with Gasteiger partial charge in [0.25, 0.3) is 0 Å². The zero-order valence-electron chi connectivity index (χ0n) is 18.7. The summed E-state index contributed by atoms with van der Waals surface area (Å²) in [7, 11) is 0. The zero-order chi connectivity index (χ0) is 23.2. The van der Waals surface area contributed by atoms with Crippen LogP contribution >= 0.6 is 23.2 Å². The number of hydrazine groups is 1. The van der Waals surface area contributed by atoms with Crippen molar-refractivity contribution in [1.29, 1.82) is 0 Å². The molecule has 3 aromatic heterocycles. The number of benzene rings is 1. The number of hydrogen-bond donors (Lipinski definition) is 2. The van der Waals surface area contributed by atoms with Crippen molar-refractivity contribution in [3.8, 4) is 17.3 Å². The predicted octanol–water partition coefficient (Wildman–Crippen LogP) is 5.67. The van der Waals surface area contributed by atoms with Crippen LogP contribution in [-0.4, -0.2) is 41.7 Å². The third-order valence-corrected chi connectivity index (χ3v) is 7.05. The lowest BCUT2D eigenvalue weighted by molar-refractivity contribution is -0.0176. The fourth-order valence-corrected chi connectivity index (χ4v) is 5.41. The molecule has 6 rings (SSSR count). The van der Waals surface area contributed by atoms with E-state index in [9.17, 15) is 0 Å². The summed E-state index contributed by atoms with van der Waals surface area (Å²) < 4.78 is 6.19. The number of piperidine rings is 1. The van der Waals surface area contributed by atoms with Gasteiger partial charge >= 0.3 is 0 Å². The van der Waals surface area contributed by atoms with Gasteiger partial charge in [0.05, 0.1) is 40.0 Å². The number of fused-ring (bicyclic) bond motifs is 2. The van der Waals surface area contributed by atoms with Crippen LogP contribution in [0.4, 0.5) is 0 Å². The minimum atomic E-state index is -0.346. The van der Waals surface area contributed by atoms with Gasteiger partial charge in [-0.05, 0) is 38.0 Å². The maximum atomic E-state index is 6.31. The van der Waals surface area contributed by atoms with Gasteiger partial charge in [0.1, 0.15) is 17.5 Å². The van der Waals surface area contributed by atoms with E-state index in [0.717, 1.165) is 59.9 Å². The summed E-state index contributed by atoms with van der Waals surface area (Å²) >= 11 is 12.6. The fraction of sp³-hybridized carbons (Fsp3) is 0.333. The summed E-state index contributed by atoms with van der Waals surface area (Å²) in [6.45, 7) is 6.94. The van der Waals surface area contributed by atoms with Crippen molar-refractivity contribution in [2.45, 2.75) is 45.4 Å². The molecule has 1 aromatic carbocycles. The lowest BCUT2D eigenvalue weighted by Gasteiger charge is -2.33. The first-order chi connectivity index (χ1) is 16.6. The van der Waals surface area contributed by atoms with Gasteiger partial charge in [-0.2, -0.15) is 5.10 Å². The number of nitrogens with one attached hydrogen (secondary N) is 2. The Balaban J connectivity index is 1.24. The van der Waals surface area contributed by atoms with Gasteiger partial charge in [-0.3, -0.25) is 10.1 Å². The maximum absolute atomic E-state index is 6.31. The summed E-state index contributed by atoms with van der Waals surface area (Å²) in [6, 6.07) is 5.82. The molecule has 1 radical (unpaired) electrons. The molecule has 34 heavy (non-hydrogen) atoms. The van der Waals surface area contributed by atoms with E-state index >= 15 is 0 Å². The number of hydrogen-bond acceptors (Lipinski definition) is 6. The standard InChI is InChI=1S/C24H24Cl2N7O/c1-14(22-17(25)10-27-11-18(22)26)34-15-5-6-19-16(9-15)23(31-30-19)24-28-20-12-33(13-21(20)29-24)32-7-3-2-4-8-32/h5-7,9-11,14H,2-4,8,12-13H2,1H3,(H,28,29)(H,30,31). The molecule has 175 valence electrons. The Morgan fingerprint density at radius 2 is 1.97 bits per heavy atom. The van der Waals surface area contributed by atoms with Crippen molar-refractivity contribution >= 4 is 34.1 Å². The minimum absolute atomic E-state index is 0.346. The van der Waals surface area contributed by atoms with Crippen LogP contribution in [0.25, 0.3) is 22.4 Å². The van der Waals surface area contributed by atoms with Gasteiger partial charge in [0.2, 0.25) is 0 Å². The van der Waals surface area contributed by atoms with Gasteiger partial charge < -0.3 is 9.72 Å². The third-order valence-electron chi connectivity index (χ3n) is 6.45. The van der Waals surface area contributed by atoms with Crippen molar-refractivity contribution in [2.75, 3.05) is 6.54 Å². The Labute approximate surface area is 207 Å². The molecule has 0 amide bonds. The van der Waals surface area contributed by atoms with E-state index in [0.29, 0.717) is 21.4 Å². The summed E-state index contributed by atoms with van der Waals surface area (Å²) in [5, 5.41) is 14.2. The number of aromatic nitrogens is 5. The Kier molecular flexibility index (Phi) is 5.69. The molecule has 1 fully saturated rings. The van der Waals surface area contributed by atoms with Crippen LogP contribution in [0.15, 0.2) is 30.6 Å². The zero-order valence-corrected chi connectivity index (χ0v) is 20.2. The van der Waals surface area contributed by atoms with Crippen molar-refractivity contribution < 1.29 is 4.74 Å². The van der Waals surface area contributed by atoms with E-state index in [-0.39, 0.29) is 6.10 Å². The minimum Gasteiger partial charge on any atom is -0.486 e. The van der Waals surface area contributed by atoms with Crippen LogP contribution < -0.4 is 4.74 Å². The van der Waals surface area contributed by atoms with Crippen LogP contribution in [0.1, 0.15) is 49.2 Å². The second kappa shape index (κ2) is 8.85. The van der Waals surface area contributed by atoms with Gasteiger partial charge in [0, 0.05) is 36.4 Å². The average Bonchev–Trinajstić information content (AvgIpc) is 3.52. The highest BCUT2D eigenvalue weighted by Crippen LogP contribution is 2.35. The largest absolute Gasteiger partial charge is 0.486 e. The van der Waals surface area contributed by atoms with E-state index in [1.54, 1.807) is 12.4 Å². The SMILES string of the molecule is CC(Oc1ccc2[nH]nc(-c3nc4c([nH]3)CN(N3[CH]CCCC3)C4)c2c1)c1c(Cl)cncc1Cl. The lowest BCUT2D eigenvalue weighted by Crippen LogP contribution is -2.39. The fourth-order valence-electron chi connectivity index (χ4n) is 4.74. The van der Waals surface area contributed by atoms with E-state index < -0.39 is 0 Å². The van der Waals surface area contributed by atoms with E-state index in [1.807, 2.05) is 25.1 Å². The average molecular weight is 497 g/mol. The molecule has 0 aliphatic carbocycles. The molecule has 4 aromatic rings. The van der Waals surface area contributed by atoms with Gasteiger partial charge in [-0.1, -0.05) is 29.6 Å². The summed E-state index contributed by atoms with van der Waals surface area (Å²) in [4.78, 5) is 12.4. The molecular formula is C24H24Cl2N7O. The van der Waals surface area contributed by atoms with E-state index in [4.69, 9.17) is 32.9 Å². The molecule has 1 atom stereocenters. The van der Waals surface area contributed by atoms with Gasteiger partial charge in [0.15, 0.2) is 5.82 Å². The van der Waals surface area contributed by atoms with Crippen molar-refractivity contribution in [3.05, 3.63) is 64.1 Å². The molecule has 0 bridgehead atoms. The van der Waals surface area contributed by atoms with Crippen LogP contribution in [-0.2, 0) is 13.1 Å². The van der Waals surface area contributed by atoms with Crippen molar-refractivity contribution in [3.63, 3.8) is 0 Å². The highest BCUT2D eigenvalue weighted by molar-refractivity contribution is 6.35. The Morgan fingerprint density at radius 1 is 1.12 bits per heavy atom. The van der Waals surface area contributed by atoms with Gasteiger partial charge in [-0.25, -0.2) is 15.0 Å². The molecule has 1 saturated heterocycles. The molecule has 2 aliphatic heterocycles. The number of pyridine rings is 1. The Hall–Kier alpha value is -2.65. The van der Waals surface area contributed by atoms with Crippen LogP contribution in [0.5, 0.6) is 5.75 Å². The smallest absolute Gasteiger partial charge is 0.159 e. The van der Waals surface area contributed by atoms with Crippen molar-refractivity contribution in [2.24, 2.45) is 0 Å². The monoisotopic (exact) mass is 496 g/mol. The highest BCUT2D eigenvalue weighted by Gasteiger charge is 2.29. The first kappa shape index (κ1) is 21.9. The number of ether oxygens (including phenoxy) is 1. The number of imidazole rings is 1. The van der Waals surface area contributed by atoms with E-state index in [1.165, 1.54) is 12.8 Å². The number of H-pyrrole nitrogens is 2. The summed E-state index contributed by atoms with van der Waals surface area (Å²) in [5.41, 5.74) is 4.62. The Morgan fingerprint density at radius 3 is 2.74 bits per heavy atom. The Bertz CT molecular complexity index is 1300. The lowest BCUT2D eigenvalue weighted by atomic mass is 10.1. The summed E-state index contributed by atoms with van der Waals surface area (Å²) in [6.07, 6.45) is 6.45. The van der Waals surface area contributed by atoms with Crippen LogP contribution in [0, 0.1) is 6.54 Å². The number of aromatic amines is 2. The predicted molar refractivity (Wildman–Crippen MR) is 131 cm³/mol. The summed E-state index contributed by atoms with van der Waals surface area (Å²) in [5.74, 6) is 1.46. The second-order valence-corrected chi connectivity index (χ2v) is 9.55. The molecule has 10 heteroatoms. The van der Waals surface area contributed by atoms with Gasteiger partial charge in [-0.15, -0.1) is 0 Å². The molecule has 8 nitrogen and oxygen atoms in total. The van der Waals surface area contributed by atoms with Crippen LogP contribution in [0.3, 0.4) is 0 Å². The molecule has 1 unspecified atom stereocenters. The first-order valence-corrected chi connectivity index (χ1v) is 12.2. The molecule has 5 heterocycles. The molecular weight excluding hydrogens is 473 g/mol. The maximum Gasteiger partial charge on any atom is 0.159 e. The molecule has 2 N–H and O–H groups in total. The highest BCUT2D eigenvalue weighted by atomic mass is 35.5. The molecule has 2 aliphatic rings. The number of nitrogens with zero attached hydrogens (tertiary/aromatic N) is 5. The molecule has 0 saturated carbocycles. The third kappa shape index (κ3) is 3.94. The topological polar surface area (TPSA) is 86.0 Å². The normalized spacial score (nSPS) is 17.9. The quantitative estimate of drug-likeness (QED) is 0.370. The number of halogens is 2. The van der Waals surface area contributed by atoms with Crippen LogP contribution in [0.2, 0.25) is 10.0 Å². The first-order valence-electron chi connectivity index (χ1n) is 11.4.